The first-order chi connectivity index (χ1) is 8.08. The molecule has 0 bridgehead atoms. The molecule has 1 aliphatic carbocycles. The molecular weight excluding hydrogens is 300 g/mol. The summed E-state index contributed by atoms with van der Waals surface area (Å²) in [5, 5.41) is 0. The fraction of sp³-hybridized carbons (Fsp3) is 0.538. The molecule has 0 spiro atoms. The van der Waals surface area contributed by atoms with Gasteiger partial charge in [-0.3, -0.25) is 0 Å². The van der Waals surface area contributed by atoms with Crippen LogP contribution in [0.1, 0.15) is 32.1 Å². The van der Waals surface area contributed by atoms with Gasteiger partial charge in [-0.05, 0) is 37.0 Å². The Bertz CT molecular complexity index is 476. The minimum Gasteiger partial charge on any atom is -0.224 e. The molecule has 0 amide bonds. The van der Waals surface area contributed by atoms with Gasteiger partial charge in [-0.15, -0.1) is 0 Å². The van der Waals surface area contributed by atoms with Gasteiger partial charge in [-0.1, -0.05) is 41.3 Å². The van der Waals surface area contributed by atoms with Crippen LogP contribution in [-0.4, -0.2) is 14.2 Å². The summed E-state index contributed by atoms with van der Waals surface area (Å²) in [7, 11) is -3.11. The average Bonchev–Trinajstić information content (AvgIpc) is 2.30. The molecule has 1 fully saturated rings. The summed E-state index contributed by atoms with van der Waals surface area (Å²) < 4.78 is 25.3. The molecule has 1 saturated carbocycles. The fourth-order valence-corrected chi connectivity index (χ4v) is 4.71. The average molecular weight is 317 g/mol. The van der Waals surface area contributed by atoms with Crippen LogP contribution < -0.4 is 0 Å². The van der Waals surface area contributed by atoms with E-state index in [9.17, 15) is 8.42 Å². The van der Waals surface area contributed by atoms with Crippen molar-refractivity contribution in [2.75, 3.05) is 5.75 Å². The van der Waals surface area contributed by atoms with E-state index < -0.39 is 9.84 Å². The van der Waals surface area contributed by atoms with E-state index in [0.717, 1.165) is 17.3 Å². The highest BCUT2D eigenvalue weighted by atomic mass is 79.9. The lowest BCUT2D eigenvalue weighted by Gasteiger charge is -2.21. The third-order valence-corrected chi connectivity index (χ3v) is 5.71. The Balaban J connectivity index is 2.13. The van der Waals surface area contributed by atoms with Crippen molar-refractivity contribution in [3.05, 3.63) is 28.7 Å². The second kappa shape index (κ2) is 5.53. The van der Waals surface area contributed by atoms with Crippen LogP contribution >= 0.6 is 15.9 Å². The van der Waals surface area contributed by atoms with Crippen molar-refractivity contribution in [3.63, 3.8) is 0 Å². The highest BCUT2D eigenvalue weighted by Gasteiger charge is 2.22. The minimum atomic E-state index is -3.11. The fourth-order valence-electron chi connectivity index (χ4n) is 2.42. The lowest BCUT2D eigenvalue weighted by Crippen LogP contribution is -2.18. The Morgan fingerprint density at radius 2 is 1.88 bits per heavy atom. The Labute approximate surface area is 111 Å². The Morgan fingerprint density at radius 3 is 2.53 bits per heavy atom. The standard InChI is InChI=1S/C13H17BrO2S/c14-12-7-4-8-13(9-12)17(15,16)10-11-5-2-1-3-6-11/h4,7-9,11H,1-3,5-6,10H2. The number of sulfone groups is 1. The molecule has 0 atom stereocenters. The first-order valence-corrected chi connectivity index (χ1v) is 8.51. The number of benzene rings is 1. The van der Waals surface area contributed by atoms with Gasteiger partial charge in [0.25, 0.3) is 0 Å². The summed E-state index contributed by atoms with van der Waals surface area (Å²) in [5.41, 5.74) is 0. The maximum Gasteiger partial charge on any atom is 0.178 e. The van der Waals surface area contributed by atoms with Gasteiger partial charge in [0.1, 0.15) is 0 Å². The molecule has 2 nitrogen and oxygen atoms in total. The van der Waals surface area contributed by atoms with Crippen LogP contribution in [0.25, 0.3) is 0 Å². The van der Waals surface area contributed by atoms with Gasteiger partial charge in [0.2, 0.25) is 0 Å². The van der Waals surface area contributed by atoms with Gasteiger partial charge < -0.3 is 0 Å². The van der Waals surface area contributed by atoms with Crippen LogP contribution in [0.3, 0.4) is 0 Å². The number of rotatable bonds is 3. The Kier molecular flexibility index (Phi) is 4.26. The van der Waals surface area contributed by atoms with Crippen LogP contribution in [-0.2, 0) is 9.84 Å². The molecule has 1 aromatic rings. The van der Waals surface area contributed by atoms with Crippen molar-refractivity contribution < 1.29 is 8.42 Å². The van der Waals surface area contributed by atoms with E-state index in [2.05, 4.69) is 15.9 Å². The van der Waals surface area contributed by atoms with E-state index in [1.54, 1.807) is 18.2 Å². The van der Waals surface area contributed by atoms with Gasteiger partial charge in [0, 0.05) is 4.47 Å². The highest BCUT2D eigenvalue weighted by Crippen LogP contribution is 2.27. The molecule has 0 aliphatic heterocycles. The molecule has 0 radical (unpaired) electrons. The zero-order valence-electron chi connectivity index (χ0n) is 9.73. The third kappa shape index (κ3) is 3.55. The van der Waals surface area contributed by atoms with Crippen LogP contribution in [0.2, 0.25) is 0 Å². The summed E-state index contributed by atoms with van der Waals surface area (Å²) in [6.45, 7) is 0. The van der Waals surface area contributed by atoms with Crippen molar-refractivity contribution in [2.45, 2.75) is 37.0 Å². The number of hydrogen-bond acceptors (Lipinski definition) is 2. The minimum absolute atomic E-state index is 0.309. The van der Waals surface area contributed by atoms with E-state index in [0.29, 0.717) is 16.6 Å². The van der Waals surface area contributed by atoms with Crippen LogP contribution in [0.5, 0.6) is 0 Å². The third-order valence-electron chi connectivity index (χ3n) is 3.34. The predicted octanol–water partition coefficient (Wildman–Crippen LogP) is 3.80. The molecule has 0 heterocycles. The van der Waals surface area contributed by atoms with Crippen LogP contribution in [0.4, 0.5) is 0 Å². The quantitative estimate of drug-likeness (QED) is 0.850. The van der Waals surface area contributed by atoms with E-state index in [-0.39, 0.29) is 0 Å². The smallest absolute Gasteiger partial charge is 0.178 e. The van der Waals surface area contributed by atoms with Crippen molar-refractivity contribution in [3.8, 4) is 0 Å². The van der Waals surface area contributed by atoms with Crippen molar-refractivity contribution in [1.29, 1.82) is 0 Å². The zero-order valence-corrected chi connectivity index (χ0v) is 12.1. The molecule has 0 unspecified atom stereocenters. The molecule has 4 heteroatoms. The lowest BCUT2D eigenvalue weighted by molar-refractivity contribution is 0.385. The van der Waals surface area contributed by atoms with E-state index in [4.69, 9.17) is 0 Å². The molecule has 0 aromatic heterocycles. The van der Waals surface area contributed by atoms with E-state index >= 15 is 0 Å². The summed E-state index contributed by atoms with van der Waals surface area (Å²) in [4.78, 5) is 0.442. The van der Waals surface area contributed by atoms with Crippen molar-refractivity contribution >= 4 is 25.8 Å². The Morgan fingerprint density at radius 1 is 1.18 bits per heavy atom. The van der Waals surface area contributed by atoms with Gasteiger partial charge in [0.05, 0.1) is 10.6 Å². The topological polar surface area (TPSA) is 34.1 Å². The van der Waals surface area contributed by atoms with Crippen LogP contribution in [0.15, 0.2) is 33.6 Å². The summed E-state index contributed by atoms with van der Waals surface area (Å²) >= 11 is 3.32. The van der Waals surface area contributed by atoms with Gasteiger partial charge in [-0.25, -0.2) is 8.42 Å². The van der Waals surface area contributed by atoms with Gasteiger partial charge in [0.15, 0.2) is 9.84 Å². The van der Waals surface area contributed by atoms with E-state index in [1.165, 1.54) is 19.3 Å². The maximum atomic E-state index is 12.2. The monoisotopic (exact) mass is 316 g/mol. The second-order valence-electron chi connectivity index (χ2n) is 4.74. The maximum absolute atomic E-state index is 12.2. The molecule has 1 aliphatic rings. The molecule has 0 N–H and O–H groups in total. The molecule has 94 valence electrons. The first-order valence-electron chi connectivity index (χ1n) is 6.06. The van der Waals surface area contributed by atoms with Crippen molar-refractivity contribution in [1.82, 2.24) is 0 Å². The first kappa shape index (κ1) is 13.1. The van der Waals surface area contributed by atoms with Crippen molar-refractivity contribution in [2.24, 2.45) is 5.92 Å². The normalized spacial score (nSPS) is 18.2. The van der Waals surface area contributed by atoms with Gasteiger partial charge in [-0.2, -0.15) is 0 Å². The highest BCUT2D eigenvalue weighted by molar-refractivity contribution is 9.10. The largest absolute Gasteiger partial charge is 0.224 e. The second-order valence-corrected chi connectivity index (χ2v) is 7.69. The lowest BCUT2D eigenvalue weighted by atomic mass is 9.91. The molecule has 0 saturated heterocycles. The molecular formula is C13H17BrO2S. The summed E-state index contributed by atoms with van der Waals surface area (Å²) in [6, 6.07) is 7.00. The van der Waals surface area contributed by atoms with Gasteiger partial charge >= 0.3 is 0 Å². The molecule has 1 aromatic carbocycles. The summed E-state index contributed by atoms with van der Waals surface area (Å²) in [6.07, 6.45) is 5.74. The van der Waals surface area contributed by atoms with Crippen LogP contribution in [0, 0.1) is 5.92 Å². The SMILES string of the molecule is O=S(=O)(CC1CCCCC1)c1cccc(Br)c1. The zero-order chi connectivity index (χ0) is 12.3. The summed E-state index contributed by atoms with van der Waals surface area (Å²) in [5.74, 6) is 0.663. The number of halogens is 1. The predicted molar refractivity (Wildman–Crippen MR) is 72.8 cm³/mol. The number of hydrogen-bond donors (Lipinski definition) is 0. The Hall–Kier alpha value is -0.350. The molecule has 17 heavy (non-hydrogen) atoms. The van der Waals surface area contributed by atoms with E-state index in [1.807, 2.05) is 6.07 Å². The molecule has 2 rings (SSSR count).